The fourth-order valence-electron chi connectivity index (χ4n) is 2.32. The summed E-state index contributed by atoms with van der Waals surface area (Å²) in [6.45, 7) is 7.62. The first-order valence-corrected chi connectivity index (χ1v) is 6.69. The lowest BCUT2D eigenvalue weighted by Gasteiger charge is -2.23. The minimum absolute atomic E-state index is 0.707. The second-order valence-corrected chi connectivity index (χ2v) is 4.68. The smallest absolute Gasteiger partial charge is 0.0510 e. The summed E-state index contributed by atoms with van der Waals surface area (Å²) in [6, 6.07) is 0.707. The molecule has 0 aromatic carbocycles. The second kappa shape index (κ2) is 8.12. The third-order valence-corrected chi connectivity index (χ3v) is 3.31. The molecule has 1 saturated heterocycles. The molecule has 0 aliphatic carbocycles. The van der Waals surface area contributed by atoms with Crippen LogP contribution in [0.15, 0.2) is 0 Å². The molecule has 2 unspecified atom stereocenters. The van der Waals surface area contributed by atoms with E-state index in [0.717, 1.165) is 25.7 Å². The largest absolute Gasteiger partial charge is 0.381 e. The average Bonchev–Trinajstić information content (AvgIpc) is 2.76. The van der Waals surface area contributed by atoms with Crippen LogP contribution in [-0.2, 0) is 4.74 Å². The van der Waals surface area contributed by atoms with Crippen LogP contribution in [0.2, 0.25) is 0 Å². The highest BCUT2D eigenvalue weighted by Crippen LogP contribution is 2.20. The van der Waals surface area contributed by atoms with Crippen molar-refractivity contribution in [3.8, 4) is 0 Å². The number of rotatable bonds is 8. The molecule has 1 aliphatic rings. The Labute approximate surface area is 94.8 Å². The third kappa shape index (κ3) is 4.98. The zero-order chi connectivity index (χ0) is 10.9. The molecule has 0 amide bonds. The molecule has 2 heteroatoms. The van der Waals surface area contributed by atoms with Crippen molar-refractivity contribution >= 4 is 0 Å². The maximum atomic E-state index is 5.48. The number of nitrogens with one attached hydrogen (secondary N) is 1. The summed E-state index contributed by atoms with van der Waals surface area (Å²) in [5.41, 5.74) is 0. The first kappa shape index (κ1) is 13.0. The standard InChI is InChI=1S/C13H27NO/c1-3-5-6-7-13(14-9-4-2)12-8-10-15-11-12/h12-14H,3-11H2,1-2H3. The fraction of sp³-hybridized carbons (Fsp3) is 1.00. The van der Waals surface area contributed by atoms with Gasteiger partial charge in [0.2, 0.25) is 0 Å². The predicted octanol–water partition coefficient (Wildman–Crippen LogP) is 2.97. The van der Waals surface area contributed by atoms with Crippen LogP contribution in [0, 0.1) is 5.92 Å². The van der Waals surface area contributed by atoms with E-state index in [1.54, 1.807) is 0 Å². The summed E-state index contributed by atoms with van der Waals surface area (Å²) in [5.74, 6) is 0.772. The van der Waals surface area contributed by atoms with Gasteiger partial charge in [0.1, 0.15) is 0 Å². The molecule has 1 rings (SSSR count). The minimum Gasteiger partial charge on any atom is -0.381 e. The lowest BCUT2D eigenvalue weighted by atomic mass is 9.94. The Kier molecular flexibility index (Phi) is 7.03. The summed E-state index contributed by atoms with van der Waals surface area (Å²) in [5, 5.41) is 3.69. The molecule has 0 bridgehead atoms. The van der Waals surface area contributed by atoms with Gasteiger partial charge in [0, 0.05) is 12.6 Å². The van der Waals surface area contributed by atoms with Crippen molar-refractivity contribution in [2.24, 2.45) is 5.92 Å². The van der Waals surface area contributed by atoms with Crippen LogP contribution >= 0.6 is 0 Å². The van der Waals surface area contributed by atoms with E-state index in [1.165, 1.54) is 38.5 Å². The van der Waals surface area contributed by atoms with Crippen molar-refractivity contribution < 1.29 is 4.74 Å². The van der Waals surface area contributed by atoms with Crippen molar-refractivity contribution in [1.29, 1.82) is 0 Å². The van der Waals surface area contributed by atoms with E-state index >= 15 is 0 Å². The van der Waals surface area contributed by atoms with Gasteiger partial charge in [-0.15, -0.1) is 0 Å². The van der Waals surface area contributed by atoms with Gasteiger partial charge in [-0.2, -0.15) is 0 Å². The Morgan fingerprint density at radius 3 is 2.73 bits per heavy atom. The maximum absolute atomic E-state index is 5.48. The number of ether oxygens (including phenoxy) is 1. The van der Waals surface area contributed by atoms with Crippen LogP contribution in [0.1, 0.15) is 52.4 Å². The molecule has 2 nitrogen and oxygen atoms in total. The van der Waals surface area contributed by atoms with Crippen LogP contribution in [0.4, 0.5) is 0 Å². The Hall–Kier alpha value is -0.0800. The quantitative estimate of drug-likeness (QED) is 0.626. The van der Waals surface area contributed by atoms with Gasteiger partial charge in [0.05, 0.1) is 6.61 Å². The van der Waals surface area contributed by atoms with Crippen LogP contribution in [0.3, 0.4) is 0 Å². The van der Waals surface area contributed by atoms with Gasteiger partial charge >= 0.3 is 0 Å². The molecule has 0 aromatic rings. The summed E-state index contributed by atoms with van der Waals surface area (Å²) >= 11 is 0. The number of hydrogen-bond donors (Lipinski definition) is 1. The van der Waals surface area contributed by atoms with Crippen LogP contribution in [0.25, 0.3) is 0 Å². The van der Waals surface area contributed by atoms with Gasteiger partial charge in [-0.05, 0) is 31.7 Å². The van der Waals surface area contributed by atoms with Crippen LogP contribution in [0.5, 0.6) is 0 Å². The number of hydrogen-bond acceptors (Lipinski definition) is 2. The molecule has 0 saturated carbocycles. The van der Waals surface area contributed by atoms with Gasteiger partial charge in [-0.1, -0.05) is 33.1 Å². The molecule has 1 fully saturated rings. The Bertz CT molecular complexity index is 143. The van der Waals surface area contributed by atoms with Crippen molar-refractivity contribution in [1.82, 2.24) is 5.32 Å². The van der Waals surface area contributed by atoms with E-state index in [4.69, 9.17) is 4.74 Å². The maximum Gasteiger partial charge on any atom is 0.0510 e. The van der Waals surface area contributed by atoms with Gasteiger partial charge < -0.3 is 10.1 Å². The summed E-state index contributed by atoms with van der Waals surface area (Å²) in [6.07, 6.45) is 7.89. The molecule has 0 aromatic heterocycles. The van der Waals surface area contributed by atoms with E-state index in [-0.39, 0.29) is 0 Å². The third-order valence-electron chi connectivity index (χ3n) is 3.31. The van der Waals surface area contributed by atoms with Gasteiger partial charge in [0.15, 0.2) is 0 Å². The normalized spacial score (nSPS) is 23.2. The fourth-order valence-corrected chi connectivity index (χ4v) is 2.32. The first-order valence-electron chi connectivity index (χ1n) is 6.69. The first-order chi connectivity index (χ1) is 7.38. The SMILES string of the molecule is CCCCCC(NCCC)C1CCOC1. The Balaban J connectivity index is 2.23. The number of unbranched alkanes of at least 4 members (excludes halogenated alkanes) is 2. The van der Waals surface area contributed by atoms with Crippen molar-refractivity contribution in [3.05, 3.63) is 0 Å². The Morgan fingerprint density at radius 1 is 1.27 bits per heavy atom. The van der Waals surface area contributed by atoms with Crippen LogP contribution < -0.4 is 5.32 Å². The molecule has 0 radical (unpaired) electrons. The van der Waals surface area contributed by atoms with E-state index in [2.05, 4.69) is 19.2 Å². The zero-order valence-electron chi connectivity index (χ0n) is 10.4. The van der Waals surface area contributed by atoms with Gasteiger partial charge in [0.25, 0.3) is 0 Å². The minimum atomic E-state index is 0.707. The summed E-state index contributed by atoms with van der Waals surface area (Å²) in [4.78, 5) is 0. The predicted molar refractivity (Wildman–Crippen MR) is 65.1 cm³/mol. The highest BCUT2D eigenvalue weighted by atomic mass is 16.5. The lowest BCUT2D eigenvalue weighted by molar-refractivity contribution is 0.174. The molecule has 1 aliphatic heterocycles. The highest BCUT2D eigenvalue weighted by Gasteiger charge is 2.24. The van der Waals surface area contributed by atoms with Crippen molar-refractivity contribution in [2.75, 3.05) is 19.8 Å². The Morgan fingerprint density at radius 2 is 2.13 bits per heavy atom. The molecular formula is C13H27NO. The molecule has 90 valence electrons. The second-order valence-electron chi connectivity index (χ2n) is 4.68. The van der Waals surface area contributed by atoms with E-state index in [1.807, 2.05) is 0 Å². The van der Waals surface area contributed by atoms with Crippen molar-refractivity contribution in [2.45, 2.75) is 58.4 Å². The molecule has 0 spiro atoms. The summed E-state index contributed by atoms with van der Waals surface area (Å²) < 4.78 is 5.48. The van der Waals surface area contributed by atoms with Crippen molar-refractivity contribution in [3.63, 3.8) is 0 Å². The topological polar surface area (TPSA) is 21.3 Å². The monoisotopic (exact) mass is 213 g/mol. The van der Waals surface area contributed by atoms with Gasteiger partial charge in [-0.25, -0.2) is 0 Å². The van der Waals surface area contributed by atoms with E-state index < -0.39 is 0 Å². The molecular weight excluding hydrogens is 186 g/mol. The highest BCUT2D eigenvalue weighted by molar-refractivity contribution is 4.79. The van der Waals surface area contributed by atoms with Gasteiger partial charge in [-0.3, -0.25) is 0 Å². The van der Waals surface area contributed by atoms with E-state index in [0.29, 0.717) is 6.04 Å². The molecule has 1 N–H and O–H groups in total. The molecule has 2 atom stereocenters. The molecule has 15 heavy (non-hydrogen) atoms. The molecule has 1 heterocycles. The summed E-state index contributed by atoms with van der Waals surface area (Å²) in [7, 11) is 0. The lowest BCUT2D eigenvalue weighted by Crippen LogP contribution is -2.37. The average molecular weight is 213 g/mol. The zero-order valence-corrected chi connectivity index (χ0v) is 10.4. The van der Waals surface area contributed by atoms with Crippen LogP contribution in [-0.4, -0.2) is 25.8 Å². The van der Waals surface area contributed by atoms with E-state index in [9.17, 15) is 0 Å².